The Morgan fingerprint density at radius 3 is 2.82 bits per heavy atom. The highest BCUT2D eigenvalue weighted by molar-refractivity contribution is 5.89. The Hall–Kier alpha value is -1.16. The molecule has 0 spiro atoms. The molecule has 3 fully saturated rings. The van der Waals surface area contributed by atoms with Crippen molar-refractivity contribution >= 4 is 11.8 Å². The van der Waals surface area contributed by atoms with Crippen molar-refractivity contribution in [3.63, 3.8) is 0 Å². The number of hydrogen-bond donors (Lipinski definition) is 1. The molecular formula is C13H16O4. The summed E-state index contributed by atoms with van der Waals surface area (Å²) in [6.07, 6.45) is 2.63. The van der Waals surface area contributed by atoms with Crippen LogP contribution in [0.1, 0.15) is 19.3 Å². The SMILES string of the molecule is C=CC(=O)OC1CC2CC1C1C(=O)C(O)CC21. The average Bonchev–Trinajstić information content (AvgIpc) is 2.92. The topological polar surface area (TPSA) is 63.6 Å². The van der Waals surface area contributed by atoms with Gasteiger partial charge in [0.2, 0.25) is 0 Å². The second-order valence-electron chi connectivity index (χ2n) is 5.42. The van der Waals surface area contributed by atoms with Gasteiger partial charge in [-0.25, -0.2) is 4.79 Å². The Morgan fingerprint density at radius 1 is 1.35 bits per heavy atom. The molecule has 0 radical (unpaired) electrons. The zero-order valence-corrected chi connectivity index (χ0v) is 9.54. The zero-order chi connectivity index (χ0) is 12.2. The highest BCUT2D eigenvalue weighted by atomic mass is 16.5. The van der Waals surface area contributed by atoms with Gasteiger partial charge in [0.25, 0.3) is 0 Å². The number of aliphatic hydroxyl groups excluding tert-OH is 1. The number of Topliss-reactive ketones (excluding diaryl/α,β-unsaturated/α-hetero) is 1. The highest BCUT2D eigenvalue weighted by Crippen LogP contribution is 2.58. The predicted molar refractivity (Wildman–Crippen MR) is 58.9 cm³/mol. The van der Waals surface area contributed by atoms with Crippen molar-refractivity contribution in [3.8, 4) is 0 Å². The number of carbonyl (C=O) groups excluding carboxylic acids is 2. The first-order valence-electron chi connectivity index (χ1n) is 6.16. The van der Waals surface area contributed by atoms with E-state index in [1.807, 2.05) is 0 Å². The summed E-state index contributed by atoms with van der Waals surface area (Å²) >= 11 is 0. The van der Waals surface area contributed by atoms with Crippen molar-refractivity contribution < 1.29 is 19.4 Å². The summed E-state index contributed by atoms with van der Waals surface area (Å²) in [6, 6.07) is 0. The van der Waals surface area contributed by atoms with E-state index in [0.717, 1.165) is 18.9 Å². The van der Waals surface area contributed by atoms with E-state index in [9.17, 15) is 14.7 Å². The molecule has 0 saturated heterocycles. The van der Waals surface area contributed by atoms with Crippen LogP contribution < -0.4 is 0 Å². The smallest absolute Gasteiger partial charge is 0.330 e. The van der Waals surface area contributed by atoms with Gasteiger partial charge < -0.3 is 9.84 Å². The second kappa shape index (κ2) is 3.67. The third kappa shape index (κ3) is 1.47. The Kier molecular flexibility index (Phi) is 2.36. The molecule has 2 bridgehead atoms. The molecule has 6 atom stereocenters. The summed E-state index contributed by atoms with van der Waals surface area (Å²) in [5, 5.41) is 9.61. The van der Waals surface area contributed by atoms with Crippen LogP contribution in [0.25, 0.3) is 0 Å². The maximum absolute atomic E-state index is 11.9. The average molecular weight is 236 g/mol. The molecule has 0 aromatic carbocycles. The fourth-order valence-corrected chi connectivity index (χ4v) is 4.10. The lowest BCUT2D eigenvalue weighted by atomic mass is 9.80. The van der Waals surface area contributed by atoms with Crippen LogP contribution in [0.2, 0.25) is 0 Å². The molecule has 3 rings (SSSR count). The summed E-state index contributed by atoms with van der Waals surface area (Å²) in [7, 11) is 0. The van der Waals surface area contributed by atoms with Gasteiger partial charge in [-0.05, 0) is 31.1 Å². The summed E-state index contributed by atoms with van der Waals surface area (Å²) < 4.78 is 5.30. The van der Waals surface area contributed by atoms with Gasteiger partial charge in [-0.2, -0.15) is 0 Å². The van der Waals surface area contributed by atoms with Gasteiger partial charge in [0, 0.05) is 17.9 Å². The Bertz CT molecular complexity index is 389. The van der Waals surface area contributed by atoms with Crippen molar-refractivity contribution in [1.29, 1.82) is 0 Å². The molecule has 6 unspecified atom stereocenters. The molecule has 3 aliphatic carbocycles. The lowest BCUT2D eigenvalue weighted by Crippen LogP contribution is -2.35. The van der Waals surface area contributed by atoms with E-state index in [1.165, 1.54) is 0 Å². The minimum Gasteiger partial charge on any atom is -0.459 e. The van der Waals surface area contributed by atoms with Gasteiger partial charge in [0.1, 0.15) is 12.2 Å². The number of aliphatic hydroxyl groups is 1. The zero-order valence-electron chi connectivity index (χ0n) is 9.54. The van der Waals surface area contributed by atoms with Gasteiger partial charge in [0.15, 0.2) is 5.78 Å². The number of ketones is 1. The molecule has 4 nitrogen and oxygen atoms in total. The van der Waals surface area contributed by atoms with E-state index in [2.05, 4.69) is 6.58 Å². The summed E-state index contributed by atoms with van der Waals surface area (Å²) in [5.74, 6) is 0.353. The maximum Gasteiger partial charge on any atom is 0.330 e. The lowest BCUT2D eigenvalue weighted by Gasteiger charge is -2.29. The minimum atomic E-state index is -0.788. The van der Waals surface area contributed by atoms with E-state index in [-0.39, 0.29) is 23.7 Å². The minimum absolute atomic E-state index is 0.0400. The first kappa shape index (κ1) is 11.0. The fourth-order valence-electron chi connectivity index (χ4n) is 4.10. The molecule has 3 aliphatic rings. The quantitative estimate of drug-likeness (QED) is 0.566. The normalized spacial score (nSPS) is 47.0. The van der Waals surface area contributed by atoms with Gasteiger partial charge in [0.05, 0.1) is 0 Å². The Balaban J connectivity index is 1.77. The van der Waals surface area contributed by atoms with Crippen molar-refractivity contribution in [2.75, 3.05) is 0 Å². The third-order valence-electron chi connectivity index (χ3n) is 4.70. The van der Waals surface area contributed by atoms with Crippen LogP contribution in [0.5, 0.6) is 0 Å². The number of ether oxygens (including phenoxy) is 1. The van der Waals surface area contributed by atoms with E-state index >= 15 is 0 Å². The van der Waals surface area contributed by atoms with Crippen molar-refractivity contribution in [1.82, 2.24) is 0 Å². The Morgan fingerprint density at radius 2 is 2.12 bits per heavy atom. The summed E-state index contributed by atoms with van der Waals surface area (Å²) in [4.78, 5) is 23.1. The second-order valence-corrected chi connectivity index (χ2v) is 5.42. The van der Waals surface area contributed by atoms with Crippen LogP contribution in [0, 0.1) is 23.7 Å². The number of fused-ring (bicyclic) bond motifs is 5. The largest absolute Gasteiger partial charge is 0.459 e. The molecule has 17 heavy (non-hydrogen) atoms. The number of carbonyl (C=O) groups is 2. The fraction of sp³-hybridized carbons (Fsp3) is 0.692. The summed E-state index contributed by atoms with van der Waals surface area (Å²) in [5.41, 5.74) is 0. The standard InChI is InChI=1S/C13H16O4/c1-2-11(15)17-10-4-6-3-8(10)12-7(6)5-9(14)13(12)16/h2,6-10,12,14H,1,3-5H2. The van der Waals surface area contributed by atoms with Gasteiger partial charge >= 0.3 is 5.97 Å². The lowest BCUT2D eigenvalue weighted by molar-refractivity contribution is -0.149. The number of esters is 1. The van der Waals surface area contributed by atoms with Crippen LogP contribution in [0.4, 0.5) is 0 Å². The number of hydrogen-bond acceptors (Lipinski definition) is 4. The van der Waals surface area contributed by atoms with E-state index in [0.29, 0.717) is 18.3 Å². The molecule has 0 heterocycles. The molecular weight excluding hydrogens is 220 g/mol. The first-order valence-corrected chi connectivity index (χ1v) is 6.16. The first-order chi connectivity index (χ1) is 8.11. The monoisotopic (exact) mass is 236 g/mol. The highest BCUT2D eigenvalue weighted by Gasteiger charge is 2.60. The van der Waals surface area contributed by atoms with Crippen LogP contribution in [0.15, 0.2) is 12.7 Å². The van der Waals surface area contributed by atoms with Gasteiger partial charge in [-0.1, -0.05) is 6.58 Å². The Labute approximate surface area is 99.6 Å². The van der Waals surface area contributed by atoms with Crippen LogP contribution in [0.3, 0.4) is 0 Å². The molecule has 0 aromatic heterocycles. The van der Waals surface area contributed by atoms with Crippen LogP contribution >= 0.6 is 0 Å². The third-order valence-corrected chi connectivity index (χ3v) is 4.70. The van der Waals surface area contributed by atoms with Crippen molar-refractivity contribution in [2.45, 2.75) is 31.5 Å². The molecule has 4 heteroatoms. The maximum atomic E-state index is 11.9. The van der Waals surface area contributed by atoms with Crippen molar-refractivity contribution in [2.24, 2.45) is 23.7 Å². The molecule has 0 amide bonds. The molecule has 92 valence electrons. The molecule has 3 saturated carbocycles. The van der Waals surface area contributed by atoms with Gasteiger partial charge in [-0.3, -0.25) is 4.79 Å². The van der Waals surface area contributed by atoms with Crippen LogP contribution in [-0.2, 0) is 14.3 Å². The van der Waals surface area contributed by atoms with E-state index in [1.54, 1.807) is 0 Å². The van der Waals surface area contributed by atoms with E-state index in [4.69, 9.17) is 4.74 Å². The molecule has 0 aliphatic heterocycles. The molecule has 0 aromatic rings. The van der Waals surface area contributed by atoms with Gasteiger partial charge in [-0.15, -0.1) is 0 Å². The van der Waals surface area contributed by atoms with Crippen LogP contribution in [-0.4, -0.2) is 29.1 Å². The predicted octanol–water partition coefficient (Wildman–Crippen LogP) is 0.690. The van der Waals surface area contributed by atoms with E-state index < -0.39 is 12.1 Å². The number of rotatable bonds is 2. The molecule has 1 N–H and O–H groups in total. The van der Waals surface area contributed by atoms with Crippen molar-refractivity contribution in [3.05, 3.63) is 12.7 Å². The summed E-state index contributed by atoms with van der Waals surface area (Å²) in [6.45, 7) is 3.38.